The van der Waals surface area contributed by atoms with Crippen LogP contribution in [0, 0.1) is 46.3 Å². The number of ether oxygens (including phenoxy) is 2. The number of carbonyl (C=O) groups excluding carboxylic acids is 1. The van der Waals surface area contributed by atoms with Crippen molar-refractivity contribution in [2.75, 3.05) is 6.61 Å². The monoisotopic (exact) mass is 594 g/mol. The Labute approximate surface area is 243 Å². The molecule has 4 aliphatic carbocycles. The van der Waals surface area contributed by atoms with E-state index >= 15 is 0 Å². The number of rotatable bonds is 7. The molecular weight excluding hydrogens is 548 g/mol. The van der Waals surface area contributed by atoms with E-state index in [1.54, 1.807) is 0 Å². The number of fused-ring (bicyclic) bond motifs is 5. The fourth-order valence-corrected chi connectivity index (χ4v) is 10.4. The lowest BCUT2D eigenvalue weighted by Gasteiger charge is -2.63. The standard InChI is InChI=1S/C31H46O9S/c1-18(7-6-14-39-29(35)40-25-8-4-5-9-26(25)41(36,37)38)21-10-11-22-28-23(17-27(34)31(21,22)3)30(2)13-12-20(32)15-19(30)16-24(28)33/h4-5,8-9,18-24,27-28,32-34H,6-7,10-17H2,1-3H3,(H,36,37,38)/t18-,19+,20-,21-,22+,23+,24-,27+,28+,30+,31-/m1/s1. The van der Waals surface area contributed by atoms with E-state index < -0.39 is 33.4 Å². The van der Waals surface area contributed by atoms with Gasteiger partial charge < -0.3 is 24.8 Å². The summed E-state index contributed by atoms with van der Waals surface area (Å²) in [5, 5.41) is 33.5. The minimum absolute atomic E-state index is 0.0446. The molecule has 0 saturated heterocycles. The normalized spacial score (nSPS) is 41.0. The van der Waals surface area contributed by atoms with E-state index in [4.69, 9.17) is 9.47 Å². The topological polar surface area (TPSA) is 151 Å². The number of hydrogen-bond donors (Lipinski definition) is 4. The third-order valence-corrected chi connectivity index (χ3v) is 12.8. The van der Waals surface area contributed by atoms with Gasteiger partial charge in [0.1, 0.15) is 4.90 Å². The van der Waals surface area contributed by atoms with Gasteiger partial charge in [-0.1, -0.05) is 32.9 Å². The molecule has 0 bridgehead atoms. The Morgan fingerprint density at radius 1 is 1.05 bits per heavy atom. The molecule has 0 spiro atoms. The lowest BCUT2D eigenvalue weighted by molar-refractivity contribution is -0.207. The molecule has 41 heavy (non-hydrogen) atoms. The van der Waals surface area contributed by atoms with Crippen molar-refractivity contribution in [1.82, 2.24) is 0 Å². The molecule has 5 rings (SSSR count). The lowest BCUT2D eigenvalue weighted by atomic mass is 9.43. The molecule has 4 saturated carbocycles. The Kier molecular flexibility index (Phi) is 8.55. The number of benzene rings is 1. The molecule has 11 atom stereocenters. The average molecular weight is 595 g/mol. The summed E-state index contributed by atoms with van der Waals surface area (Å²) < 4.78 is 42.6. The SMILES string of the molecule is C[C@H](CCCOC(=O)Oc1ccccc1S(=O)(=O)O)[C@H]1CC[C@H]2[C@@H]3[C@H](O)C[C@@H]4C[C@H](O)CC[C@]4(C)[C@H]3C[C@H](O)[C@]12C. The van der Waals surface area contributed by atoms with E-state index in [0.717, 1.165) is 51.0 Å². The first-order chi connectivity index (χ1) is 19.3. The Balaban J connectivity index is 1.18. The number of carbonyl (C=O) groups is 1. The van der Waals surface area contributed by atoms with Crippen molar-refractivity contribution in [3.05, 3.63) is 24.3 Å². The molecule has 1 aromatic carbocycles. The first-order valence-electron chi connectivity index (χ1n) is 15.2. The maximum Gasteiger partial charge on any atom is 0.513 e. The van der Waals surface area contributed by atoms with Crippen LogP contribution >= 0.6 is 0 Å². The van der Waals surface area contributed by atoms with Gasteiger partial charge in [-0.15, -0.1) is 0 Å². The molecule has 0 amide bonds. The number of aliphatic hydroxyl groups is 3. The second-order valence-electron chi connectivity index (χ2n) is 13.8. The van der Waals surface area contributed by atoms with E-state index in [9.17, 15) is 33.1 Å². The van der Waals surface area contributed by atoms with Crippen molar-refractivity contribution < 1.29 is 42.6 Å². The molecular formula is C31H46O9S. The van der Waals surface area contributed by atoms with E-state index in [0.29, 0.717) is 18.8 Å². The van der Waals surface area contributed by atoms with Crippen LogP contribution in [0.5, 0.6) is 5.75 Å². The first kappa shape index (κ1) is 30.7. The molecule has 0 unspecified atom stereocenters. The van der Waals surface area contributed by atoms with Crippen LogP contribution in [0.3, 0.4) is 0 Å². The quantitative estimate of drug-likeness (QED) is 0.151. The zero-order valence-corrected chi connectivity index (χ0v) is 25.1. The zero-order valence-electron chi connectivity index (χ0n) is 24.3. The molecule has 0 radical (unpaired) electrons. The summed E-state index contributed by atoms with van der Waals surface area (Å²) in [4.78, 5) is 11.7. The van der Waals surface area contributed by atoms with Gasteiger partial charge in [0, 0.05) is 0 Å². The van der Waals surface area contributed by atoms with E-state index in [1.807, 2.05) is 0 Å². The third-order valence-electron chi connectivity index (χ3n) is 11.9. The maximum absolute atomic E-state index is 12.2. The van der Waals surface area contributed by atoms with Gasteiger partial charge >= 0.3 is 6.16 Å². The minimum atomic E-state index is -4.55. The number of hydrogen-bond acceptors (Lipinski definition) is 8. The Morgan fingerprint density at radius 2 is 1.78 bits per heavy atom. The van der Waals surface area contributed by atoms with Crippen LogP contribution in [-0.4, -0.2) is 59.4 Å². The van der Waals surface area contributed by atoms with Gasteiger partial charge in [0.2, 0.25) is 0 Å². The second-order valence-corrected chi connectivity index (χ2v) is 15.2. The van der Waals surface area contributed by atoms with Gasteiger partial charge in [-0.25, -0.2) is 4.79 Å². The van der Waals surface area contributed by atoms with Crippen molar-refractivity contribution in [2.24, 2.45) is 46.3 Å². The van der Waals surface area contributed by atoms with Crippen LogP contribution in [0.15, 0.2) is 29.2 Å². The summed E-state index contributed by atoms with van der Waals surface area (Å²) in [6.45, 7) is 6.85. The first-order valence-corrected chi connectivity index (χ1v) is 16.7. The summed E-state index contributed by atoms with van der Waals surface area (Å²) in [5.74, 6) is 1.23. The molecule has 0 heterocycles. The minimum Gasteiger partial charge on any atom is -0.434 e. The highest BCUT2D eigenvalue weighted by Crippen LogP contribution is 2.68. The Bertz CT molecular complexity index is 1220. The smallest absolute Gasteiger partial charge is 0.434 e. The average Bonchev–Trinajstić information content (AvgIpc) is 3.26. The van der Waals surface area contributed by atoms with Gasteiger partial charge in [-0.2, -0.15) is 8.42 Å². The van der Waals surface area contributed by atoms with Crippen molar-refractivity contribution >= 4 is 16.3 Å². The van der Waals surface area contributed by atoms with Gasteiger partial charge in [0.05, 0.1) is 24.9 Å². The summed E-state index contributed by atoms with van der Waals surface area (Å²) in [6, 6.07) is 5.31. The van der Waals surface area contributed by atoms with Crippen molar-refractivity contribution in [3.63, 3.8) is 0 Å². The van der Waals surface area contributed by atoms with E-state index in [1.165, 1.54) is 18.2 Å². The molecule has 230 valence electrons. The predicted molar refractivity (Wildman–Crippen MR) is 151 cm³/mol. The van der Waals surface area contributed by atoms with E-state index in [-0.39, 0.29) is 58.9 Å². The fourth-order valence-electron chi connectivity index (χ4n) is 9.76. The van der Waals surface area contributed by atoms with Gasteiger partial charge in [-0.3, -0.25) is 4.55 Å². The largest absolute Gasteiger partial charge is 0.513 e. The summed E-state index contributed by atoms with van der Waals surface area (Å²) in [7, 11) is -4.55. The second kappa shape index (κ2) is 11.4. The van der Waals surface area contributed by atoms with Crippen LogP contribution in [-0.2, 0) is 14.9 Å². The lowest BCUT2D eigenvalue weighted by Crippen LogP contribution is -2.62. The highest BCUT2D eigenvalue weighted by Gasteiger charge is 2.65. The van der Waals surface area contributed by atoms with Gasteiger partial charge in [0.15, 0.2) is 5.75 Å². The van der Waals surface area contributed by atoms with E-state index in [2.05, 4.69) is 20.8 Å². The molecule has 9 nitrogen and oxygen atoms in total. The molecule has 4 N–H and O–H groups in total. The third kappa shape index (κ3) is 5.55. The fraction of sp³-hybridized carbons (Fsp3) is 0.774. The number of para-hydroxylation sites is 1. The number of aliphatic hydroxyl groups excluding tert-OH is 3. The highest BCUT2D eigenvalue weighted by atomic mass is 32.2. The molecule has 0 aromatic heterocycles. The molecule has 0 aliphatic heterocycles. The Hall–Kier alpha value is -1.72. The summed E-state index contributed by atoms with van der Waals surface area (Å²) in [6.07, 6.45) is 5.09. The Morgan fingerprint density at radius 3 is 2.51 bits per heavy atom. The van der Waals surface area contributed by atoms with Crippen LogP contribution in [0.2, 0.25) is 0 Å². The van der Waals surface area contributed by atoms with Crippen LogP contribution < -0.4 is 4.74 Å². The molecule has 4 aliphatic rings. The van der Waals surface area contributed by atoms with Crippen LogP contribution in [0.25, 0.3) is 0 Å². The summed E-state index contributed by atoms with van der Waals surface area (Å²) >= 11 is 0. The van der Waals surface area contributed by atoms with Crippen molar-refractivity contribution in [3.8, 4) is 5.75 Å². The van der Waals surface area contributed by atoms with Crippen molar-refractivity contribution in [2.45, 2.75) is 102 Å². The van der Waals surface area contributed by atoms with Crippen LogP contribution in [0.4, 0.5) is 4.79 Å². The zero-order chi connectivity index (χ0) is 29.7. The molecule has 10 heteroatoms. The highest BCUT2D eigenvalue weighted by molar-refractivity contribution is 7.86. The van der Waals surface area contributed by atoms with Gasteiger partial charge in [0.25, 0.3) is 10.1 Å². The van der Waals surface area contributed by atoms with Crippen LogP contribution in [0.1, 0.15) is 78.6 Å². The van der Waals surface area contributed by atoms with Gasteiger partial charge in [-0.05, 0) is 116 Å². The van der Waals surface area contributed by atoms with Crippen molar-refractivity contribution in [1.29, 1.82) is 0 Å². The predicted octanol–water partition coefficient (Wildman–Crippen LogP) is 4.83. The maximum atomic E-state index is 12.2. The molecule has 1 aromatic rings. The molecule has 4 fully saturated rings. The summed E-state index contributed by atoms with van der Waals surface area (Å²) in [5.41, 5.74) is -0.249.